The Morgan fingerprint density at radius 2 is 1.95 bits per heavy atom. The molecule has 1 heteroatoms. The number of aromatic nitrogens is 1. The van der Waals surface area contributed by atoms with Gasteiger partial charge in [-0.25, -0.2) is 0 Å². The van der Waals surface area contributed by atoms with Crippen LogP contribution in [0.1, 0.15) is 22.3 Å². The minimum atomic E-state index is 1.04. The van der Waals surface area contributed by atoms with Gasteiger partial charge in [0.15, 0.2) is 0 Å². The number of rotatable bonds is 0. The van der Waals surface area contributed by atoms with Crippen LogP contribution < -0.4 is 10.4 Å². The summed E-state index contributed by atoms with van der Waals surface area (Å²) in [4.78, 5) is 3.23. The number of hydrogen-bond acceptors (Lipinski definition) is 0. The van der Waals surface area contributed by atoms with Crippen LogP contribution in [0, 0.1) is 13.8 Å². The molecule has 0 saturated carbocycles. The molecule has 5 rings (SSSR count). The molecule has 106 valence electrons. The topological polar surface area (TPSA) is 15.8 Å². The minimum absolute atomic E-state index is 1.04. The summed E-state index contributed by atoms with van der Waals surface area (Å²) < 4.78 is 0. The molecule has 0 aromatic heterocycles. The molecule has 1 aromatic rings. The summed E-state index contributed by atoms with van der Waals surface area (Å²) in [5, 5.41) is 2.84. The summed E-state index contributed by atoms with van der Waals surface area (Å²) in [6, 6.07) is 8.98. The van der Waals surface area contributed by atoms with E-state index in [1.54, 1.807) is 0 Å². The van der Waals surface area contributed by atoms with Gasteiger partial charge in [0.05, 0.1) is 0 Å². The third-order valence-corrected chi connectivity index (χ3v) is 5.28. The van der Waals surface area contributed by atoms with Crippen molar-refractivity contribution in [3.63, 3.8) is 0 Å². The molecule has 1 aliphatic heterocycles. The maximum atomic E-state index is 3.23. The lowest BCUT2D eigenvalue weighted by atomic mass is 9.89. The fraction of sp³-hybridized carbons (Fsp3) is 0.143. The van der Waals surface area contributed by atoms with Gasteiger partial charge in [-0.2, -0.15) is 0 Å². The minimum Gasteiger partial charge on any atom is -0.367 e. The second-order valence-corrected chi connectivity index (χ2v) is 6.46. The van der Waals surface area contributed by atoms with Gasteiger partial charge in [-0.3, -0.25) is 0 Å². The van der Waals surface area contributed by atoms with E-state index >= 15 is 0 Å². The monoisotopic (exact) mass is 283 g/mol. The highest BCUT2D eigenvalue weighted by Gasteiger charge is 2.24. The number of aromatic amines is 1. The third kappa shape index (κ3) is 1.43. The Morgan fingerprint density at radius 3 is 2.86 bits per heavy atom. The highest BCUT2D eigenvalue weighted by molar-refractivity contribution is 5.96. The summed E-state index contributed by atoms with van der Waals surface area (Å²) in [6.45, 7) is 4.46. The lowest BCUT2D eigenvalue weighted by molar-refractivity contribution is 1.22. The van der Waals surface area contributed by atoms with Crippen molar-refractivity contribution in [1.82, 2.24) is 4.98 Å². The van der Waals surface area contributed by atoms with E-state index in [1.165, 1.54) is 55.0 Å². The highest BCUT2D eigenvalue weighted by Crippen LogP contribution is 2.39. The fourth-order valence-corrected chi connectivity index (χ4v) is 3.99. The maximum absolute atomic E-state index is 3.23. The van der Waals surface area contributed by atoms with Crippen LogP contribution in [0.4, 0.5) is 0 Å². The van der Waals surface area contributed by atoms with Gasteiger partial charge >= 0.3 is 0 Å². The number of hydrogen-bond donors (Lipinski definition) is 1. The number of benzene rings is 1. The lowest BCUT2D eigenvalue weighted by Crippen LogP contribution is -2.27. The predicted molar refractivity (Wildman–Crippen MR) is 92.1 cm³/mol. The first-order chi connectivity index (χ1) is 10.7. The number of nitrogens with one attached hydrogen (secondary N) is 1. The van der Waals surface area contributed by atoms with Crippen LogP contribution in [-0.2, 0) is 6.42 Å². The van der Waals surface area contributed by atoms with E-state index in [0.29, 0.717) is 0 Å². The normalized spacial score (nSPS) is 15.2. The highest BCUT2D eigenvalue weighted by atomic mass is 14.6. The summed E-state index contributed by atoms with van der Waals surface area (Å²) in [5.74, 6) is 0. The fourth-order valence-electron chi connectivity index (χ4n) is 3.99. The van der Waals surface area contributed by atoms with E-state index in [-0.39, 0.29) is 0 Å². The lowest BCUT2D eigenvalue weighted by Gasteiger charge is -2.15. The van der Waals surface area contributed by atoms with Crippen molar-refractivity contribution in [3.05, 3.63) is 74.9 Å². The smallest absolute Gasteiger partial charge is 0.00867 e. The summed E-state index contributed by atoms with van der Waals surface area (Å²) in [6.07, 6.45) is 9.89. The molecule has 1 N–H and O–H groups in total. The molecule has 22 heavy (non-hydrogen) atoms. The second kappa shape index (κ2) is 4.01. The van der Waals surface area contributed by atoms with E-state index in [0.717, 1.165) is 6.42 Å². The largest absolute Gasteiger partial charge is 0.367 e. The molecule has 0 unspecified atom stereocenters. The van der Waals surface area contributed by atoms with Crippen LogP contribution in [0.2, 0.25) is 0 Å². The molecule has 0 atom stereocenters. The number of H-pyrrole nitrogens is 1. The number of allylic oxidation sites excluding steroid dienone is 1. The van der Waals surface area contributed by atoms with Gasteiger partial charge in [0.25, 0.3) is 0 Å². The standard InChI is InChI=1S/C21H17N/c1-12-3-4-15-8-17-9-16-7-14-5-6-22-11-20(14)18(16)10-19(17)21(15)13(12)2/h3-9,11,22H,10H2,1-2H3. The predicted octanol–water partition coefficient (Wildman–Crippen LogP) is 3.32. The Hall–Kier alpha value is -2.54. The van der Waals surface area contributed by atoms with Gasteiger partial charge in [0, 0.05) is 18.0 Å². The van der Waals surface area contributed by atoms with Crippen LogP contribution in [-0.4, -0.2) is 4.98 Å². The molecule has 0 spiro atoms. The molecule has 0 fully saturated rings. The first-order valence-corrected chi connectivity index (χ1v) is 7.84. The Balaban J connectivity index is 1.86. The maximum Gasteiger partial charge on any atom is 0.00867 e. The van der Waals surface area contributed by atoms with Gasteiger partial charge < -0.3 is 4.98 Å². The van der Waals surface area contributed by atoms with Crippen LogP contribution >= 0.6 is 0 Å². The zero-order valence-electron chi connectivity index (χ0n) is 12.8. The zero-order valence-corrected chi connectivity index (χ0v) is 12.8. The molecule has 1 heterocycles. The average Bonchev–Trinajstić information content (AvgIpc) is 3.06. The Morgan fingerprint density at radius 1 is 1.05 bits per heavy atom. The molecule has 3 aliphatic carbocycles. The van der Waals surface area contributed by atoms with Crippen molar-refractivity contribution in [3.8, 4) is 11.1 Å². The Kier molecular flexibility index (Phi) is 2.20. The summed E-state index contributed by atoms with van der Waals surface area (Å²) in [5.41, 5.74) is 11.3. The second-order valence-electron chi connectivity index (χ2n) is 6.46. The first kappa shape index (κ1) is 12.0. The molecule has 0 amide bonds. The van der Waals surface area contributed by atoms with Gasteiger partial charge in [0.2, 0.25) is 0 Å². The van der Waals surface area contributed by atoms with Gasteiger partial charge in [-0.05, 0) is 94.0 Å². The van der Waals surface area contributed by atoms with Gasteiger partial charge in [-0.15, -0.1) is 0 Å². The number of aryl methyl sites for hydroxylation is 1. The quantitative estimate of drug-likeness (QED) is 0.651. The first-order valence-electron chi connectivity index (χ1n) is 7.84. The van der Waals surface area contributed by atoms with E-state index in [4.69, 9.17) is 0 Å². The molecule has 0 saturated heterocycles. The molecule has 1 aromatic carbocycles. The number of pyridine rings is 1. The number of fused-ring (bicyclic) bond motifs is 5. The Bertz CT molecular complexity index is 1060. The third-order valence-electron chi connectivity index (χ3n) is 5.28. The van der Waals surface area contributed by atoms with Crippen molar-refractivity contribution in [2.75, 3.05) is 0 Å². The van der Waals surface area contributed by atoms with Crippen molar-refractivity contribution in [1.29, 1.82) is 0 Å². The van der Waals surface area contributed by atoms with Crippen molar-refractivity contribution >= 4 is 17.7 Å². The molecule has 0 radical (unpaired) electrons. The van der Waals surface area contributed by atoms with Crippen molar-refractivity contribution in [2.24, 2.45) is 0 Å². The van der Waals surface area contributed by atoms with Crippen molar-refractivity contribution < 1.29 is 0 Å². The molecule has 1 nitrogen and oxygen atoms in total. The summed E-state index contributed by atoms with van der Waals surface area (Å²) in [7, 11) is 0. The van der Waals surface area contributed by atoms with Crippen LogP contribution in [0.3, 0.4) is 0 Å². The zero-order chi connectivity index (χ0) is 14.8. The summed E-state index contributed by atoms with van der Waals surface area (Å²) >= 11 is 0. The molecule has 0 bridgehead atoms. The molecule has 4 aliphatic rings. The van der Waals surface area contributed by atoms with E-state index < -0.39 is 0 Å². The van der Waals surface area contributed by atoms with E-state index in [1.807, 2.05) is 6.20 Å². The van der Waals surface area contributed by atoms with E-state index in [9.17, 15) is 0 Å². The van der Waals surface area contributed by atoms with Crippen LogP contribution in [0.5, 0.6) is 0 Å². The molecular formula is C21H17N. The van der Waals surface area contributed by atoms with Crippen molar-refractivity contribution in [2.45, 2.75) is 20.3 Å². The SMILES string of the molecule is Cc1ccc2c(c1C)=C1Cc3c(cc4cc[nH]cc3-4)C=C1C=2. The van der Waals surface area contributed by atoms with Crippen LogP contribution in [0.15, 0.2) is 42.2 Å². The Labute approximate surface area is 129 Å². The van der Waals surface area contributed by atoms with E-state index in [2.05, 4.69) is 61.4 Å². The van der Waals surface area contributed by atoms with Gasteiger partial charge in [0.1, 0.15) is 0 Å². The average molecular weight is 283 g/mol. The van der Waals surface area contributed by atoms with Gasteiger partial charge in [-0.1, -0.05) is 12.1 Å². The van der Waals surface area contributed by atoms with Crippen LogP contribution in [0.25, 0.3) is 28.9 Å². The molecular weight excluding hydrogens is 266 g/mol.